The molecule has 3 aromatic rings. The van der Waals surface area contributed by atoms with Crippen LogP contribution in [0, 0.1) is 5.92 Å². The minimum Gasteiger partial charge on any atom is -0.493 e. The lowest BCUT2D eigenvalue weighted by atomic mass is 9.76. The molecule has 1 atom stereocenters. The molecule has 2 aromatic carbocycles. The molecular formula is C43H56N4O6. The van der Waals surface area contributed by atoms with Crippen LogP contribution in [0.2, 0.25) is 0 Å². The first-order chi connectivity index (χ1) is 25.7. The summed E-state index contributed by atoms with van der Waals surface area (Å²) < 4.78 is 24.4. The van der Waals surface area contributed by atoms with Gasteiger partial charge in [-0.3, -0.25) is 9.59 Å². The van der Waals surface area contributed by atoms with Crippen molar-refractivity contribution in [2.75, 3.05) is 67.3 Å². The van der Waals surface area contributed by atoms with Gasteiger partial charge in [-0.1, -0.05) is 60.2 Å². The highest BCUT2D eigenvalue weighted by Gasteiger charge is 2.42. The van der Waals surface area contributed by atoms with Crippen molar-refractivity contribution in [2.45, 2.75) is 58.4 Å². The average Bonchev–Trinajstić information content (AvgIpc) is 3.81. The first-order valence-corrected chi connectivity index (χ1v) is 18.7. The molecule has 2 aliphatic heterocycles. The second-order valence-electron chi connectivity index (χ2n) is 14.2. The Morgan fingerprint density at radius 3 is 2.30 bits per heavy atom. The monoisotopic (exact) mass is 724 g/mol. The summed E-state index contributed by atoms with van der Waals surface area (Å²) in [6, 6.07) is 14.0. The number of imidazole rings is 1. The average molecular weight is 725 g/mol. The summed E-state index contributed by atoms with van der Waals surface area (Å²) >= 11 is 0. The van der Waals surface area contributed by atoms with Gasteiger partial charge in [0.15, 0.2) is 17.3 Å². The molecule has 0 aliphatic carbocycles. The molecule has 2 aliphatic rings. The lowest BCUT2D eigenvalue weighted by molar-refractivity contribution is 0.0777. The number of piperidine rings is 1. The Kier molecular flexibility index (Phi) is 14.1. The van der Waals surface area contributed by atoms with Crippen LogP contribution in [-0.2, 0) is 16.7 Å². The van der Waals surface area contributed by atoms with Crippen molar-refractivity contribution in [2.24, 2.45) is 5.92 Å². The number of carbonyl (C=O) groups is 2. The van der Waals surface area contributed by atoms with E-state index in [1.54, 1.807) is 39.7 Å². The number of amides is 1. The molecule has 1 aromatic heterocycles. The molecule has 2 saturated heterocycles. The third-order valence-electron chi connectivity index (χ3n) is 10.5. The number of ether oxygens (including phenoxy) is 4. The molecule has 10 nitrogen and oxygen atoms in total. The van der Waals surface area contributed by atoms with E-state index in [4.69, 9.17) is 18.9 Å². The second-order valence-corrected chi connectivity index (χ2v) is 14.2. The third-order valence-corrected chi connectivity index (χ3v) is 10.5. The summed E-state index contributed by atoms with van der Waals surface area (Å²) in [5.74, 6) is 1.87. The summed E-state index contributed by atoms with van der Waals surface area (Å²) in [4.78, 5) is 36.9. The molecule has 0 bridgehead atoms. The molecule has 3 heterocycles. The van der Waals surface area contributed by atoms with Crippen LogP contribution in [0.15, 0.2) is 78.5 Å². The summed E-state index contributed by atoms with van der Waals surface area (Å²) in [6.45, 7) is 11.5. The molecular weight excluding hydrogens is 668 g/mol. The van der Waals surface area contributed by atoms with Gasteiger partial charge in [-0.15, -0.1) is 0 Å². The molecule has 0 N–H and O–H groups in total. The van der Waals surface area contributed by atoms with Gasteiger partial charge in [0.1, 0.15) is 0 Å². The Bertz CT molecular complexity index is 1740. The number of carbonyl (C=O) groups excluding carboxylic acids is 2. The van der Waals surface area contributed by atoms with E-state index in [9.17, 15) is 9.59 Å². The van der Waals surface area contributed by atoms with Crippen molar-refractivity contribution in [1.82, 2.24) is 19.4 Å². The van der Waals surface area contributed by atoms with Crippen molar-refractivity contribution < 1.29 is 28.5 Å². The standard InChI is InChI=1S/C43H56N4O6/c1-7-8-10-15-36-30-44-41(47(36)25-27-53-26-18-32(2)3)39(48)33-16-21-45(22-17-33)23-19-43(35-13-11-9-12-14-35)20-24-46(31-43)42(49)34-28-37(50-4)40(52-6)38(29-34)51-5/h7-15,18,28-30,33H,16-17,19-27,31H2,1-6H3/b8-7-,15-10-. The van der Waals surface area contributed by atoms with E-state index < -0.39 is 0 Å². The topological polar surface area (TPSA) is 95.4 Å². The predicted molar refractivity (Wildman–Crippen MR) is 209 cm³/mol. The van der Waals surface area contributed by atoms with Gasteiger partial charge < -0.3 is 33.3 Å². The Labute approximate surface area is 315 Å². The van der Waals surface area contributed by atoms with Gasteiger partial charge in [0, 0.05) is 36.5 Å². The summed E-state index contributed by atoms with van der Waals surface area (Å²) in [6.07, 6.45) is 15.1. The molecule has 53 heavy (non-hydrogen) atoms. The van der Waals surface area contributed by atoms with E-state index in [0.29, 0.717) is 61.5 Å². The zero-order valence-electron chi connectivity index (χ0n) is 32.3. The van der Waals surface area contributed by atoms with E-state index >= 15 is 0 Å². The molecule has 10 heteroatoms. The molecule has 0 radical (unpaired) electrons. The van der Waals surface area contributed by atoms with Crippen molar-refractivity contribution >= 4 is 17.8 Å². The zero-order chi connectivity index (χ0) is 37.8. The minimum absolute atomic E-state index is 0.0559. The van der Waals surface area contributed by atoms with Gasteiger partial charge in [-0.25, -0.2) is 4.98 Å². The van der Waals surface area contributed by atoms with Crippen LogP contribution in [0.3, 0.4) is 0 Å². The van der Waals surface area contributed by atoms with Crippen LogP contribution in [-0.4, -0.2) is 98.3 Å². The number of benzene rings is 2. The van der Waals surface area contributed by atoms with Crippen LogP contribution in [0.1, 0.15) is 78.7 Å². The van der Waals surface area contributed by atoms with Crippen molar-refractivity contribution in [3.05, 3.63) is 101 Å². The number of Topliss-reactive ketones (excluding diaryl/α,β-unsaturated/α-hetero) is 1. The van der Waals surface area contributed by atoms with E-state index in [1.165, 1.54) is 11.1 Å². The molecule has 1 unspecified atom stereocenters. The summed E-state index contributed by atoms with van der Waals surface area (Å²) in [7, 11) is 4.67. The Morgan fingerprint density at radius 1 is 0.943 bits per heavy atom. The van der Waals surface area contributed by atoms with Gasteiger partial charge in [-0.05, 0) is 89.9 Å². The van der Waals surface area contributed by atoms with Crippen molar-refractivity contribution in [1.29, 1.82) is 0 Å². The van der Waals surface area contributed by atoms with Crippen LogP contribution in [0.4, 0.5) is 0 Å². The largest absolute Gasteiger partial charge is 0.493 e. The molecule has 1 amide bonds. The number of likely N-dealkylation sites (tertiary alicyclic amines) is 2. The lowest BCUT2D eigenvalue weighted by Crippen LogP contribution is -2.41. The first kappa shape index (κ1) is 39.5. The Morgan fingerprint density at radius 2 is 1.66 bits per heavy atom. The van der Waals surface area contributed by atoms with E-state index in [0.717, 1.165) is 51.0 Å². The predicted octanol–water partition coefficient (Wildman–Crippen LogP) is 7.25. The number of hydrogen-bond donors (Lipinski definition) is 0. The van der Waals surface area contributed by atoms with Gasteiger partial charge in [-0.2, -0.15) is 0 Å². The van der Waals surface area contributed by atoms with Gasteiger partial charge in [0.05, 0.1) is 46.4 Å². The highest BCUT2D eigenvalue weighted by atomic mass is 16.5. The van der Waals surface area contributed by atoms with E-state index in [2.05, 4.69) is 54.1 Å². The maximum absolute atomic E-state index is 13.9. The van der Waals surface area contributed by atoms with E-state index in [-0.39, 0.29) is 23.0 Å². The van der Waals surface area contributed by atoms with Crippen molar-refractivity contribution in [3.8, 4) is 17.2 Å². The molecule has 0 saturated carbocycles. The Hall–Kier alpha value is -4.67. The number of ketones is 1. The van der Waals surface area contributed by atoms with Crippen LogP contribution in [0.5, 0.6) is 17.2 Å². The maximum Gasteiger partial charge on any atom is 0.254 e. The molecule has 284 valence electrons. The van der Waals surface area contributed by atoms with Crippen LogP contribution < -0.4 is 14.2 Å². The normalized spacial score (nSPS) is 18.2. The first-order valence-electron chi connectivity index (χ1n) is 18.7. The van der Waals surface area contributed by atoms with Gasteiger partial charge in [0.2, 0.25) is 11.5 Å². The fourth-order valence-corrected chi connectivity index (χ4v) is 7.47. The smallest absolute Gasteiger partial charge is 0.254 e. The minimum atomic E-state index is -0.181. The zero-order valence-corrected chi connectivity index (χ0v) is 32.3. The fraction of sp³-hybridized carbons (Fsp3) is 0.465. The molecule has 2 fully saturated rings. The van der Waals surface area contributed by atoms with Gasteiger partial charge in [0.25, 0.3) is 5.91 Å². The Balaban J connectivity index is 1.24. The van der Waals surface area contributed by atoms with Gasteiger partial charge >= 0.3 is 0 Å². The SMILES string of the molecule is C/C=C\C=C/c1cnc(C(=O)C2CCN(CCC3(c4ccccc4)CCN(C(=O)c4cc(OC)c(OC)c(OC)c4)C3)CC2)n1CCOCC=C(C)C. The summed E-state index contributed by atoms with van der Waals surface area (Å²) in [5, 5.41) is 0. The third kappa shape index (κ3) is 9.66. The number of methoxy groups -OCH3 is 3. The number of allylic oxidation sites excluding steroid dienone is 4. The maximum atomic E-state index is 13.9. The number of hydrogen-bond acceptors (Lipinski definition) is 8. The number of aromatic nitrogens is 2. The lowest BCUT2D eigenvalue weighted by Gasteiger charge is -2.36. The van der Waals surface area contributed by atoms with E-state index in [1.807, 2.05) is 46.8 Å². The summed E-state index contributed by atoms with van der Waals surface area (Å²) in [5.41, 5.74) is 3.69. The molecule has 5 rings (SSSR count). The second kappa shape index (κ2) is 18.9. The quantitative estimate of drug-likeness (QED) is 0.0622. The van der Waals surface area contributed by atoms with Crippen LogP contribution >= 0.6 is 0 Å². The highest BCUT2D eigenvalue weighted by molar-refractivity contribution is 5.96. The van der Waals surface area contributed by atoms with Crippen LogP contribution in [0.25, 0.3) is 6.08 Å². The fourth-order valence-electron chi connectivity index (χ4n) is 7.47. The number of rotatable bonds is 17. The molecule has 0 spiro atoms. The van der Waals surface area contributed by atoms with Crippen molar-refractivity contribution in [3.63, 3.8) is 0 Å². The highest BCUT2D eigenvalue weighted by Crippen LogP contribution is 2.41. The number of nitrogens with zero attached hydrogens (tertiary/aromatic N) is 4.